The molecule has 0 radical (unpaired) electrons. The van der Waals surface area contributed by atoms with E-state index >= 15 is 0 Å². The topological polar surface area (TPSA) is 97.7 Å². The third kappa shape index (κ3) is 5.88. The van der Waals surface area contributed by atoms with E-state index in [1.807, 2.05) is 19.1 Å². The first-order valence-corrected chi connectivity index (χ1v) is 14.6. The number of ketones is 1. The van der Waals surface area contributed by atoms with Crippen LogP contribution in [-0.2, 0) is 23.0 Å². The predicted molar refractivity (Wildman–Crippen MR) is 152 cm³/mol. The SMILES string of the molecule is CCCCc1c(S(=O)(=O)Oc2ccc(C(=O)c3ccccc3)c(O)c2)c(C=O)c2ccccc2c1CCCC. The number of carbonyl (C=O) groups is 2. The fourth-order valence-electron chi connectivity index (χ4n) is 4.89. The molecule has 0 heterocycles. The maximum Gasteiger partial charge on any atom is 0.340 e. The predicted octanol–water partition coefficient (Wildman–Crippen LogP) is 7.04. The summed E-state index contributed by atoms with van der Waals surface area (Å²) in [7, 11) is -4.49. The van der Waals surface area contributed by atoms with Gasteiger partial charge in [-0.05, 0) is 59.7 Å². The Balaban J connectivity index is 1.83. The van der Waals surface area contributed by atoms with E-state index < -0.39 is 21.7 Å². The van der Waals surface area contributed by atoms with Gasteiger partial charge in [0.25, 0.3) is 0 Å². The van der Waals surface area contributed by atoms with Crippen molar-refractivity contribution < 1.29 is 27.3 Å². The Kier molecular flexibility index (Phi) is 8.82. The van der Waals surface area contributed by atoms with Gasteiger partial charge in [-0.25, -0.2) is 0 Å². The van der Waals surface area contributed by atoms with Crippen LogP contribution in [0.2, 0.25) is 0 Å². The van der Waals surface area contributed by atoms with Gasteiger partial charge in [0.05, 0.1) is 5.56 Å². The number of rotatable bonds is 12. The molecule has 202 valence electrons. The Bertz CT molecular complexity index is 1610. The number of aromatic hydroxyl groups is 1. The van der Waals surface area contributed by atoms with Gasteiger partial charge in [0, 0.05) is 17.2 Å². The van der Waals surface area contributed by atoms with Crippen LogP contribution in [0, 0.1) is 0 Å². The fraction of sp³-hybridized carbons (Fsp3) is 0.250. The summed E-state index contributed by atoms with van der Waals surface area (Å²) in [5.41, 5.74) is 2.00. The van der Waals surface area contributed by atoms with Gasteiger partial charge in [0.15, 0.2) is 12.1 Å². The highest BCUT2D eigenvalue weighted by molar-refractivity contribution is 7.87. The molecular formula is C32H32O6S. The van der Waals surface area contributed by atoms with Gasteiger partial charge < -0.3 is 9.29 Å². The van der Waals surface area contributed by atoms with Gasteiger partial charge in [-0.15, -0.1) is 0 Å². The Morgan fingerprint density at radius 2 is 1.46 bits per heavy atom. The van der Waals surface area contributed by atoms with Gasteiger partial charge in [-0.1, -0.05) is 81.3 Å². The average molecular weight is 545 g/mol. The summed E-state index contributed by atoms with van der Waals surface area (Å²) in [4.78, 5) is 25.1. The standard InChI is InChI=1S/C32H32O6S/c1-3-5-14-25-24-16-10-11-17-26(24)29(21-33)32(27(25)15-6-4-2)39(36,37)38-23-18-19-28(30(34)20-23)31(35)22-12-8-7-9-13-22/h7-13,16-21,34H,3-6,14-15H2,1-2H3. The number of fused-ring (bicyclic) bond motifs is 1. The van der Waals surface area contributed by atoms with Crippen molar-refractivity contribution in [2.45, 2.75) is 57.3 Å². The monoisotopic (exact) mass is 544 g/mol. The van der Waals surface area contributed by atoms with Crippen LogP contribution in [0.1, 0.15) is 76.9 Å². The minimum atomic E-state index is -4.49. The van der Waals surface area contributed by atoms with Gasteiger partial charge in [-0.2, -0.15) is 8.42 Å². The molecule has 0 saturated heterocycles. The summed E-state index contributed by atoms with van der Waals surface area (Å²) in [6.45, 7) is 4.10. The molecule has 0 aliphatic heterocycles. The molecule has 1 N–H and O–H groups in total. The molecule has 0 atom stereocenters. The second-order valence-corrected chi connectivity index (χ2v) is 11.0. The zero-order valence-electron chi connectivity index (χ0n) is 22.1. The summed E-state index contributed by atoms with van der Waals surface area (Å²) in [5.74, 6) is -0.957. The molecule has 4 aromatic carbocycles. The van der Waals surface area contributed by atoms with Crippen LogP contribution in [0.3, 0.4) is 0 Å². The molecule has 0 fully saturated rings. The first kappa shape index (κ1) is 28.0. The van der Waals surface area contributed by atoms with Crippen molar-refractivity contribution in [2.24, 2.45) is 0 Å². The molecule has 0 unspecified atom stereocenters. The van der Waals surface area contributed by atoms with Crippen LogP contribution in [0.25, 0.3) is 10.8 Å². The first-order valence-electron chi connectivity index (χ1n) is 13.2. The fourth-order valence-corrected chi connectivity index (χ4v) is 6.29. The third-order valence-corrected chi connectivity index (χ3v) is 8.19. The Labute approximate surface area is 229 Å². The number of carbonyl (C=O) groups excluding carboxylic acids is 2. The van der Waals surface area contributed by atoms with E-state index in [4.69, 9.17) is 4.18 Å². The first-order chi connectivity index (χ1) is 18.8. The number of aldehydes is 1. The van der Waals surface area contributed by atoms with Gasteiger partial charge in [0.2, 0.25) is 0 Å². The molecule has 0 amide bonds. The smallest absolute Gasteiger partial charge is 0.340 e. The van der Waals surface area contributed by atoms with Crippen molar-refractivity contribution in [3.63, 3.8) is 0 Å². The zero-order valence-corrected chi connectivity index (χ0v) is 23.0. The highest BCUT2D eigenvalue weighted by Gasteiger charge is 2.30. The van der Waals surface area contributed by atoms with E-state index in [0.29, 0.717) is 35.6 Å². The second-order valence-electron chi connectivity index (χ2n) is 9.48. The van der Waals surface area contributed by atoms with Crippen molar-refractivity contribution in [3.8, 4) is 11.5 Å². The Morgan fingerprint density at radius 1 is 0.846 bits per heavy atom. The number of unbranched alkanes of at least 4 members (excludes halogenated alkanes) is 2. The highest BCUT2D eigenvalue weighted by Crippen LogP contribution is 2.37. The molecule has 0 aliphatic carbocycles. The molecule has 0 aromatic heterocycles. The number of hydrogen-bond donors (Lipinski definition) is 1. The van der Waals surface area contributed by atoms with Crippen LogP contribution in [0.4, 0.5) is 0 Å². The minimum absolute atomic E-state index is 0.0238. The lowest BCUT2D eigenvalue weighted by Crippen LogP contribution is -2.17. The summed E-state index contributed by atoms with van der Waals surface area (Å²) in [5, 5.41) is 12.0. The van der Waals surface area contributed by atoms with Crippen LogP contribution < -0.4 is 4.18 Å². The number of phenols is 1. The molecule has 6 nitrogen and oxygen atoms in total. The number of hydrogen-bond acceptors (Lipinski definition) is 6. The van der Waals surface area contributed by atoms with Gasteiger partial charge in [-0.3, -0.25) is 9.59 Å². The minimum Gasteiger partial charge on any atom is -0.507 e. The lowest BCUT2D eigenvalue weighted by Gasteiger charge is -2.21. The average Bonchev–Trinajstić information content (AvgIpc) is 2.94. The lowest BCUT2D eigenvalue weighted by atomic mass is 9.89. The Hall–Kier alpha value is -3.97. The molecule has 0 saturated carbocycles. The normalized spacial score (nSPS) is 11.4. The molecule has 39 heavy (non-hydrogen) atoms. The van der Waals surface area contributed by atoms with Crippen molar-refractivity contribution in [2.75, 3.05) is 0 Å². The highest BCUT2D eigenvalue weighted by atomic mass is 32.2. The van der Waals surface area contributed by atoms with Gasteiger partial charge >= 0.3 is 10.1 Å². The summed E-state index contributed by atoms with van der Waals surface area (Å²) >= 11 is 0. The molecule has 0 bridgehead atoms. The van der Waals surface area contributed by atoms with Crippen LogP contribution in [-0.4, -0.2) is 25.6 Å². The summed E-state index contributed by atoms with van der Waals surface area (Å²) < 4.78 is 33.2. The van der Waals surface area contributed by atoms with E-state index in [1.165, 1.54) is 12.1 Å². The number of phenolic OH excluding ortho intramolecular Hbond substituents is 1. The maximum absolute atomic E-state index is 13.9. The largest absolute Gasteiger partial charge is 0.507 e. The van der Waals surface area contributed by atoms with E-state index in [-0.39, 0.29) is 21.8 Å². The number of aryl methyl sites for hydroxylation is 1. The summed E-state index contributed by atoms with van der Waals surface area (Å²) in [6, 6.07) is 19.6. The maximum atomic E-state index is 13.9. The lowest BCUT2D eigenvalue weighted by molar-refractivity contribution is 0.103. The van der Waals surface area contributed by atoms with E-state index in [2.05, 4.69) is 6.92 Å². The second kappa shape index (κ2) is 12.3. The molecule has 0 aliphatic rings. The molecule has 7 heteroatoms. The third-order valence-electron chi connectivity index (χ3n) is 6.81. The van der Waals surface area contributed by atoms with Crippen molar-refractivity contribution in [1.29, 1.82) is 0 Å². The quantitative estimate of drug-likeness (QED) is 0.117. The van der Waals surface area contributed by atoms with Crippen LogP contribution in [0.5, 0.6) is 11.5 Å². The molecule has 4 rings (SSSR count). The van der Waals surface area contributed by atoms with Crippen molar-refractivity contribution in [1.82, 2.24) is 0 Å². The summed E-state index contributed by atoms with van der Waals surface area (Å²) in [6.07, 6.45) is 5.13. The van der Waals surface area contributed by atoms with Crippen molar-refractivity contribution >= 4 is 33.0 Å². The van der Waals surface area contributed by atoms with E-state index in [1.54, 1.807) is 42.5 Å². The van der Waals surface area contributed by atoms with Crippen molar-refractivity contribution in [3.05, 3.63) is 101 Å². The molecular weight excluding hydrogens is 512 g/mol. The Morgan fingerprint density at radius 3 is 2.08 bits per heavy atom. The van der Waals surface area contributed by atoms with Crippen LogP contribution in [0.15, 0.2) is 77.7 Å². The molecule has 4 aromatic rings. The number of benzene rings is 4. The zero-order chi connectivity index (χ0) is 28.0. The molecule has 0 spiro atoms. The van der Waals surface area contributed by atoms with E-state index in [0.717, 1.165) is 42.7 Å². The van der Waals surface area contributed by atoms with Crippen LogP contribution >= 0.6 is 0 Å². The van der Waals surface area contributed by atoms with E-state index in [9.17, 15) is 23.1 Å². The van der Waals surface area contributed by atoms with Gasteiger partial charge in [0.1, 0.15) is 16.4 Å².